The number of aromatic nitrogens is 1. The molecule has 0 aliphatic carbocycles. The zero-order chi connectivity index (χ0) is 12.0. The van der Waals surface area contributed by atoms with Gasteiger partial charge in [0.05, 0.1) is 0 Å². The molecule has 17 heavy (non-hydrogen) atoms. The minimum absolute atomic E-state index is 0.571. The van der Waals surface area contributed by atoms with Gasteiger partial charge in [-0.3, -0.25) is 4.79 Å². The number of aliphatic carboxylic acids is 1. The zero-order valence-corrected chi connectivity index (χ0v) is 9.60. The van der Waals surface area contributed by atoms with Crippen LogP contribution in [0.15, 0.2) is 24.4 Å². The second-order valence-corrected chi connectivity index (χ2v) is 4.51. The fourth-order valence-electron chi connectivity index (χ4n) is 2.55. The molecule has 0 saturated carbocycles. The van der Waals surface area contributed by atoms with Crippen molar-refractivity contribution in [3.05, 3.63) is 35.5 Å². The van der Waals surface area contributed by atoms with Crippen molar-refractivity contribution in [3.63, 3.8) is 0 Å². The highest BCUT2D eigenvalue weighted by molar-refractivity contribution is 5.85. The van der Waals surface area contributed by atoms with Crippen LogP contribution < -0.4 is 5.32 Å². The first kappa shape index (κ1) is 10.4. The molecule has 2 aromatic rings. The number of hydrogen-bond acceptors (Lipinski definition) is 2. The van der Waals surface area contributed by atoms with Crippen molar-refractivity contribution < 1.29 is 9.90 Å². The molecule has 88 valence electrons. The molecule has 1 unspecified atom stereocenters. The Morgan fingerprint density at radius 3 is 3.12 bits per heavy atom. The first-order valence-corrected chi connectivity index (χ1v) is 5.71. The first-order valence-electron chi connectivity index (χ1n) is 5.71. The molecule has 0 radical (unpaired) electrons. The molecule has 1 aromatic heterocycles. The van der Waals surface area contributed by atoms with E-state index in [0.29, 0.717) is 0 Å². The number of carboxylic acids is 1. The highest BCUT2D eigenvalue weighted by atomic mass is 16.4. The van der Waals surface area contributed by atoms with Gasteiger partial charge in [0.2, 0.25) is 0 Å². The van der Waals surface area contributed by atoms with Crippen LogP contribution in [-0.4, -0.2) is 22.2 Å². The summed E-state index contributed by atoms with van der Waals surface area (Å²) in [6.07, 6.45) is 2.89. The Hall–Kier alpha value is -1.81. The molecule has 0 bridgehead atoms. The van der Waals surface area contributed by atoms with E-state index in [1.807, 2.05) is 23.9 Å². The molecule has 2 heterocycles. The summed E-state index contributed by atoms with van der Waals surface area (Å²) in [5.41, 5.74) is 3.13. The van der Waals surface area contributed by atoms with Crippen LogP contribution in [0.25, 0.3) is 10.9 Å². The molecule has 4 heteroatoms. The summed E-state index contributed by atoms with van der Waals surface area (Å²) in [5, 5.41) is 13.4. The van der Waals surface area contributed by atoms with Crippen LogP contribution in [0.2, 0.25) is 0 Å². The number of fused-ring (bicyclic) bond motifs is 2. The van der Waals surface area contributed by atoms with E-state index in [9.17, 15) is 9.90 Å². The second-order valence-electron chi connectivity index (χ2n) is 4.51. The summed E-state index contributed by atoms with van der Waals surface area (Å²) < 4.78 is 2.02. The van der Waals surface area contributed by atoms with Gasteiger partial charge in [-0.25, -0.2) is 0 Å². The van der Waals surface area contributed by atoms with Gasteiger partial charge in [-0.05, 0) is 41.1 Å². The Morgan fingerprint density at radius 2 is 2.35 bits per heavy atom. The number of rotatable bonds is 1. The Labute approximate surface area is 98.9 Å². The molecule has 0 fully saturated rings. The summed E-state index contributed by atoms with van der Waals surface area (Å²) in [7, 11) is 1.97. The number of benzene rings is 1. The van der Waals surface area contributed by atoms with E-state index in [0.717, 1.165) is 29.6 Å². The Balaban J connectivity index is 2.24. The number of aryl methyl sites for hydroxylation is 1. The van der Waals surface area contributed by atoms with Crippen molar-refractivity contribution in [1.29, 1.82) is 0 Å². The fourth-order valence-corrected chi connectivity index (χ4v) is 2.55. The minimum atomic E-state index is -0.806. The van der Waals surface area contributed by atoms with Gasteiger partial charge in [-0.1, -0.05) is 0 Å². The van der Waals surface area contributed by atoms with Gasteiger partial charge in [-0.15, -0.1) is 0 Å². The number of carboxylic acid groups (broad SMARTS) is 1. The SMILES string of the molecule is Cn1ccc2cc3c(cc21)C(C(=O)O)NCC3. The van der Waals surface area contributed by atoms with E-state index in [4.69, 9.17) is 0 Å². The number of nitrogens with zero attached hydrogens (tertiary/aromatic N) is 1. The van der Waals surface area contributed by atoms with Crippen molar-refractivity contribution in [3.8, 4) is 0 Å². The first-order chi connectivity index (χ1) is 8.16. The minimum Gasteiger partial charge on any atom is -0.480 e. The maximum Gasteiger partial charge on any atom is 0.325 e. The average molecular weight is 230 g/mol. The summed E-state index contributed by atoms with van der Waals surface area (Å²) in [4.78, 5) is 11.2. The number of hydrogen-bond donors (Lipinski definition) is 2. The van der Waals surface area contributed by atoms with Crippen molar-refractivity contribution >= 4 is 16.9 Å². The normalized spacial score (nSPS) is 19.2. The third-order valence-corrected chi connectivity index (χ3v) is 3.45. The Bertz CT molecular complexity index is 601. The lowest BCUT2D eigenvalue weighted by Crippen LogP contribution is -2.35. The van der Waals surface area contributed by atoms with Crippen molar-refractivity contribution in [1.82, 2.24) is 9.88 Å². The molecule has 4 nitrogen and oxygen atoms in total. The van der Waals surface area contributed by atoms with Gasteiger partial charge in [-0.2, -0.15) is 0 Å². The molecule has 1 aromatic carbocycles. The predicted octanol–water partition coefficient (Wildman–Crippen LogP) is 1.45. The maximum absolute atomic E-state index is 11.2. The molecule has 1 atom stereocenters. The monoisotopic (exact) mass is 230 g/mol. The van der Waals surface area contributed by atoms with Crippen molar-refractivity contribution in [2.24, 2.45) is 7.05 Å². The Kier molecular flexibility index (Phi) is 2.19. The van der Waals surface area contributed by atoms with Crippen LogP contribution in [0.1, 0.15) is 17.2 Å². The largest absolute Gasteiger partial charge is 0.480 e. The van der Waals surface area contributed by atoms with E-state index in [1.54, 1.807) is 0 Å². The topological polar surface area (TPSA) is 54.3 Å². The van der Waals surface area contributed by atoms with Crippen molar-refractivity contribution in [2.45, 2.75) is 12.5 Å². The van der Waals surface area contributed by atoms with Crippen LogP contribution in [0, 0.1) is 0 Å². The van der Waals surface area contributed by atoms with E-state index in [1.165, 1.54) is 5.39 Å². The predicted molar refractivity (Wildman–Crippen MR) is 65.0 cm³/mol. The van der Waals surface area contributed by atoms with Gasteiger partial charge in [0, 0.05) is 25.3 Å². The van der Waals surface area contributed by atoms with E-state index < -0.39 is 12.0 Å². The summed E-state index contributed by atoms with van der Waals surface area (Å²) >= 11 is 0. The maximum atomic E-state index is 11.2. The Morgan fingerprint density at radius 1 is 1.53 bits per heavy atom. The smallest absolute Gasteiger partial charge is 0.325 e. The van der Waals surface area contributed by atoms with Crippen LogP contribution in [0.4, 0.5) is 0 Å². The standard InChI is InChI=1S/C13H14N2O2/c1-15-5-3-9-6-8-2-4-14-12(13(16)17)10(8)7-11(9)15/h3,5-7,12,14H,2,4H2,1H3,(H,16,17). The van der Waals surface area contributed by atoms with E-state index >= 15 is 0 Å². The summed E-state index contributed by atoms with van der Waals surface area (Å²) in [6, 6.07) is 5.60. The highest BCUT2D eigenvalue weighted by Gasteiger charge is 2.26. The zero-order valence-electron chi connectivity index (χ0n) is 9.60. The second kappa shape index (κ2) is 3.60. The molecule has 1 aliphatic rings. The van der Waals surface area contributed by atoms with Crippen LogP contribution in [0.5, 0.6) is 0 Å². The number of nitrogens with one attached hydrogen (secondary N) is 1. The molecule has 3 rings (SSSR count). The lowest BCUT2D eigenvalue weighted by Gasteiger charge is -2.24. The molecule has 0 saturated heterocycles. The van der Waals surface area contributed by atoms with Gasteiger partial charge >= 0.3 is 5.97 Å². The summed E-state index contributed by atoms with van der Waals surface area (Å²) in [6.45, 7) is 0.725. The van der Waals surface area contributed by atoms with Crippen LogP contribution in [-0.2, 0) is 18.3 Å². The van der Waals surface area contributed by atoms with Gasteiger partial charge in [0.25, 0.3) is 0 Å². The quantitative estimate of drug-likeness (QED) is 0.779. The third kappa shape index (κ3) is 1.52. The summed E-state index contributed by atoms with van der Waals surface area (Å²) in [5.74, 6) is -0.806. The molecule has 0 spiro atoms. The fraction of sp³-hybridized carbons (Fsp3) is 0.308. The lowest BCUT2D eigenvalue weighted by atomic mass is 9.93. The molecular formula is C13H14N2O2. The van der Waals surface area contributed by atoms with Gasteiger partial charge in [0.1, 0.15) is 6.04 Å². The lowest BCUT2D eigenvalue weighted by molar-refractivity contribution is -0.139. The number of carbonyl (C=O) groups is 1. The highest BCUT2D eigenvalue weighted by Crippen LogP contribution is 2.28. The third-order valence-electron chi connectivity index (χ3n) is 3.45. The van der Waals surface area contributed by atoms with Crippen molar-refractivity contribution in [2.75, 3.05) is 6.54 Å². The van der Waals surface area contributed by atoms with E-state index in [-0.39, 0.29) is 0 Å². The van der Waals surface area contributed by atoms with Crippen LogP contribution >= 0.6 is 0 Å². The van der Waals surface area contributed by atoms with E-state index in [2.05, 4.69) is 17.4 Å². The molecule has 1 aliphatic heterocycles. The molecule has 2 N–H and O–H groups in total. The molecular weight excluding hydrogens is 216 g/mol. The van der Waals surface area contributed by atoms with Gasteiger partial charge in [0.15, 0.2) is 0 Å². The molecule has 0 amide bonds. The van der Waals surface area contributed by atoms with Crippen LogP contribution in [0.3, 0.4) is 0 Å². The average Bonchev–Trinajstić information content (AvgIpc) is 2.67. The van der Waals surface area contributed by atoms with Gasteiger partial charge < -0.3 is 15.0 Å².